The van der Waals surface area contributed by atoms with Gasteiger partial charge >= 0.3 is 0 Å². The Kier molecular flexibility index (Phi) is 10.8. The molecule has 290 valence electrons. The lowest BCUT2D eigenvalue weighted by molar-refractivity contribution is -0.150. The van der Waals surface area contributed by atoms with Gasteiger partial charge in [-0.2, -0.15) is 0 Å². The Labute approximate surface area is 326 Å². The molecule has 0 aromatic heterocycles. The lowest BCUT2D eigenvalue weighted by Crippen LogP contribution is -2.48. The van der Waals surface area contributed by atoms with Crippen molar-refractivity contribution in [1.29, 1.82) is 0 Å². The molecule has 0 bridgehead atoms. The Morgan fingerprint density at radius 1 is 0.945 bits per heavy atom. The number of aryl methyl sites for hydroxylation is 1. The zero-order chi connectivity index (χ0) is 39.2. The molecule has 0 radical (unpaired) electrons. The molecule has 0 unspecified atom stereocenters. The summed E-state index contributed by atoms with van der Waals surface area (Å²) in [6.45, 7) is 12.5. The number of aliphatic hydroxyl groups is 1. The van der Waals surface area contributed by atoms with E-state index < -0.39 is 31.5 Å². The van der Waals surface area contributed by atoms with E-state index in [9.17, 15) is 19.5 Å². The maximum atomic E-state index is 15.2. The first-order valence-electron chi connectivity index (χ1n) is 19.8. The minimum Gasteiger partial charge on any atom is -0.432 e. The quantitative estimate of drug-likeness (QED) is 0.164. The Morgan fingerprint density at radius 3 is 2.36 bits per heavy atom. The van der Waals surface area contributed by atoms with E-state index in [-0.39, 0.29) is 36.8 Å². The summed E-state index contributed by atoms with van der Waals surface area (Å²) in [6, 6.07) is 21.3. The van der Waals surface area contributed by atoms with E-state index in [1.54, 1.807) is 14.7 Å². The predicted octanol–water partition coefficient (Wildman–Crippen LogP) is 7.47. The number of amides is 3. The average Bonchev–Trinajstić information content (AvgIpc) is 3.58. The van der Waals surface area contributed by atoms with Gasteiger partial charge in [0.25, 0.3) is 5.91 Å². The van der Waals surface area contributed by atoms with E-state index in [1.165, 1.54) is 11.1 Å². The predicted molar refractivity (Wildman–Crippen MR) is 218 cm³/mol. The molecule has 4 heterocycles. The van der Waals surface area contributed by atoms with Gasteiger partial charge in [-0.25, -0.2) is 0 Å². The zero-order valence-electron chi connectivity index (χ0n) is 33.0. The van der Waals surface area contributed by atoms with Gasteiger partial charge < -0.3 is 24.4 Å². The fourth-order valence-corrected chi connectivity index (χ4v) is 12.1. The number of para-hydroxylation sites is 1. The number of rotatable bonds is 10. The van der Waals surface area contributed by atoms with Crippen molar-refractivity contribution in [3.63, 3.8) is 0 Å². The van der Waals surface area contributed by atoms with Crippen LogP contribution < -0.4 is 9.80 Å². The van der Waals surface area contributed by atoms with Crippen LogP contribution in [0.4, 0.5) is 17.1 Å². The van der Waals surface area contributed by atoms with E-state index >= 15 is 4.79 Å². The summed E-state index contributed by atoms with van der Waals surface area (Å²) in [6.07, 6.45) is 6.93. The molecule has 7 rings (SSSR count). The maximum absolute atomic E-state index is 15.2. The van der Waals surface area contributed by atoms with Gasteiger partial charge in [0.05, 0.1) is 36.5 Å². The highest BCUT2D eigenvalue weighted by Crippen LogP contribution is 2.60. The van der Waals surface area contributed by atoms with Crippen LogP contribution in [-0.2, 0) is 44.1 Å². The number of carbonyl (C=O) groups excluding carboxylic acids is 3. The van der Waals surface area contributed by atoms with Gasteiger partial charge in [0.1, 0.15) is 0 Å². The Balaban J connectivity index is 1.29. The van der Waals surface area contributed by atoms with E-state index in [2.05, 4.69) is 32.9 Å². The third-order valence-electron chi connectivity index (χ3n) is 12.3. The van der Waals surface area contributed by atoms with Crippen molar-refractivity contribution in [3.8, 4) is 0 Å². The molecule has 10 heteroatoms. The van der Waals surface area contributed by atoms with Gasteiger partial charge in [-0.05, 0) is 101 Å². The molecule has 1 fully saturated rings. The minimum atomic E-state index is -3.08. The summed E-state index contributed by atoms with van der Waals surface area (Å²) in [5, 5.41) is 10.4. The first-order valence-corrected chi connectivity index (χ1v) is 22.8. The number of hydrogen-bond acceptors (Lipinski definition) is 6. The maximum Gasteiger partial charge on any atom is 0.264 e. The number of nitrogens with zero attached hydrogens (tertiary/aromatic N) is 3. The van der Waals surface area contributed by atoms with Gasteiger partial charge in [-0.3, -0.25) is 19.3 Å². The van der Waals surface area contributed by atoms with Crippen molar-refractivity contribution in [1.82, 2.24) is 4.90 Å². The molecular formula is C45H55N3O6Si. The number of fused-ring (bicyclic) bond motifs is 4. The summed E-state index contributed by atoms with van der Waals surface area (Å²) < 4.78 is 7.11. The molecular weight excluding hydrogens is 707 g/mol. The van der Waals surface area contributed by atoms with E-state index in [4.69, 9.17) is 4.74 Å². The van der Waals surface area contributed by atoms with Gasteiger partial charge in [-0.1, -0.05) is 72.7 Å². The third kappa shape index (κ3) is 7.14. The van der Waals surface area contributed by atoms with Crippen molar-refractivity contribution < 1.29 is 29.0 Å². The van der Waals surface area contributed by atoms with Crippen LogP contribution in [0, 0.1) is 5.92 Å². The van der Waals surface area contributed by atoms with Crippen LogP contribution in [0.25, 0.3) is 0 Å². The van der Waals surface area contributed by atoms with Crippen molar-refractivity contribution in [3.05, 3.63) is 112 Å². The lowest BCUT2D eigenvalue weighted by Gasteiger charge is -2.37. The summed E-state index contributed by atoms with van der Waals surface area (Å²) >= 11 is 0. The normalized spacial score (nSPS) is 24.9. The fourth-order valence-electron chi connectivity index (χ4n) is 9.57. The van der Waals surface area contributed by atoms with Gasteiger partial charge in [-0.15, -0.1) is 0 Å². The van der Waals surface area contributed by atoms with Crippen molar-refractivity contribution in [2.24, 2.45) is 5.92 Å². The van der Waals surface area contributed by atoms with Crippen LogP contribution in [0.2, 0.25) is 18.6 Å². The molecule has 3 amide bonds. The first-order chi connectivity index (χ1) is 26.2. The summed E-state index contributed by atoms with van der Waals surface area (Å²) in [5.41, 5.74) is 6.61. The van der Waals surface area contributed by atoms with Crippen LogP contribution in [0.5, 0.6) is 0 Å². The Bertz CT molecular complexity index is 2050. The second kappa shape index (κ2) is 15.3. The van der Waals surface area contributed by atoms with E-state index in [1.807, 2.05) is 86.7 Å². The van der Waals surface area contributed by atoms with E-state index in [0.29, 0.717) is 49.3 Å². The highest BCUT2D eigenvalue weighted by molar-refractivity contribution is 6.71. The zero-order valence-corrected chi connectivity index (χ0v) is 34.0. The molecule has 3 aromatic rings. The number of anilines is 3. The molecule has 1 spiro atoms. The second-order valence-electron chi connectivity index (χ2n) is 16.7. The summed E-state index contributed by atoms with van der Waals surface area (Å²) in [5.74, 6) is -0.890. The number of aliphatic hydroxyl groups excluding tert-OH is 1. The first kappa shape index (κ1) is 38.9. The van der Waals surface area contributed by atoms with Crippen LogP contribution in [0.3, 0.4) is 0 Å². The number of benzene rings is 3. The topological polar surface area (TPSA) is 111 Å². The van der Waals surface area contributed by atoms with Crippen LogP contribution >= 0.6 is 0 Å². The molecule has 0 aliphatic carbocycles. The molecule has 4 aliphatic heterocycles. The number of hydrogen-bond donors (Lipinski definition) is 2. The summed E-state index contributed by atoms with van der Waals surface area (Å²) in [4.78, 5) is 60.4. The minimum absolute atomic E-state index is 0.0176. The average molecular weight is 762 g/mol. The van der Waals surface area contributed by atoms with Crippen LogP contribution in [0.15, 0.2) is 90.0 Å². The molecule has 2 N–H and O–H groups in total. The Hall–Kier alpha value is -4.35. The molecule has 3 aromatic carbocycles. The van der Waals surface area contributed by atoms with E-state index in [0.717, 1.165) is 35.2 Å². The molecule has 4 aliphatic rings. The fraction of sp³-hybridized carbons (Fsp3) is 0.444. The number of ether oxygens (including phenoxy) is 1. The van der Waals surface area contributed by atoms with Crippen molar-refractivity contribution in [2.45, 2.75) is 109 Å². The highest BCUT2D eigenvalue weighted by Gasteiger charge is 2.66. The third-order valence-corrected chi connectivity index (χ3v) is 14.8. The summed E-state index contributed by atoms with van der Waals surface area (Å²) in [7, 11) is -3.08. The molecule has 55 heavy (non-hydrogen) atoms. The van der Waals surface area contributed by atoms with Crippen LogP contribution in [0.1, 0.15) is 75.6 Å². The SMILES string of the molecule is CC(C)=CCC/C(C)=C/CN1C(=O)[C@@]2(O[C@@H](CC(=O)N3Cc4ccccc4C[C@H]3CO)[C@H]([Si](C)(C)O)[C@H]2C)c2cc(N3C(=O)CCc4ccccc43)ccc21. The monoisotopic (exact) mass is 761 g/mol. The second-order valence-corrected chi connectivity index (χ2v) is 20.7. The Morgan fingerprint density at radius 2 is 1.65 bits per heavy atom. The van der Waals surface area contributed by atoms with Gasteiger partial charge in [0.15, 0.2) is 13.9 Å². The van der Waals surface area contributed by atoms with Gasteiger partial charge in [0.2, 0.25) is 11.8 Å². The molecule has 1 saturated heterocycles. The standard InChI is InChI=1S/C45H55N3O6Si/c1-29(2)12-11-13-30(3)22-23-46-39-20-19-35(48-38-17-10-9-14-32(38)18-21-41(48)50)25-37(39)45(44(46)52)31(4)43(55(5,6)53)40(54-45)26-42(51)47-27-34-16-8-7-15-33(34)24-36(47)28-49/h7-10,12,14-17,19-20,22,25,31,36,40,43,49,53H,11,13,18,21,23-24,26-28H2,1-6H3/b30-22+/t31-,36+,40+,43-,45+/m1/s1. The number of allylic oxidation sites excluding steroid dienone is 3. The van der Waals surface area contributed by atoms with Crippen molar-refractivity contribution >= 4 is 43.1 Å². The molecule has 9 nitrogen and oxygen atoms in total. The number of carbonyl (C=O) groups is 3. The largest absolute Gasteiger partial charge is 0.432 e. The molecule has 5 atom stereocenters. The smallest absolute Gasteiger partial charge is 0.264 e. The van der Waals surface area contributed by atoms with Gasteiger partial charge in [0, 0.05) is 42.2 Å². The van der Waals surface area contributed by atoms with Crippen LogP contribution in [-0.4, -0.2) is 66.1 Å². The molecule has 0 saturated carbocycles. The highest BCUT2D eigenvalue weighted by atomic mass is 28.4. The lowest BCUT2D eigenvalue weighted by atomic mass is 9.82. The van der Waals surface area contributed by atoms with Crippen molar-refractivity contribution in [2.75, 3.05) is 23.0 Å².